The lowest BCUT2D eigenvalue weighted by molar-refractivity contribution is 0.490. The molecular weight excluding hydrogens is 214 g/mol. The molecule has 2 rings (SSSR count). The summed E-state index contributed by atoms with van der Waals surface area (Å²) >= 11 is 0. The molecule has 0 saturated carbocycles. The zero-order valence-electron chi connectivity index (χ0n) is 10.2. The lowest BCUT2D eigenvalue weighted by atomic mass is 10.3. The van der Waals surface area contributed by atoms with Crippen molar-refractivity contribution in [2.75, 3.05) is 17.2 Å². The van der Waals surface area contributed by atoms with Gasteiger partial charge in [0.15, 0.2) is 0 Å². The van der Waals surface area contributed by atoms with E-state index in [1.54, 1.807) is 6.20 Å². The van der Waals surface area contributed by atoms with Gasteiger partial charge in [0.1, 0.15) is 17.3 Å². The van der Waals surface area contributed by atoms with Gasteiger partial charge in [-0.2, -0.15) is 0 Å². The maximum absolute atomic E-state index is 5.49. The van der Waals surface area contributed by atoms with Gasteiger partial charge in [-0.05, 0) is 32.0 Å². The molecule has 0 amide bonds. The molecule has 2 aromatic heterocycles. The van der Waals surface area contributed by atoms with Crippen molar-refractivity contribution in [3.05, 3.63) is 42.0 Å². The van der Waals surface area contributed by atoms with E-state index in [1.807, 2.05) is 38.1 Å². The average Bonchev–Trinajstić information content (AvgIpc) is 2.74. The number of nitrogens with zero attached hydrogens (tertiary/aromatic N) is 1. The Labute approximate surface area is 101 Å². The van der Waals surface area contributed by atoms with Gasteiger partial charge in [-0.1, -0.05) is 0 Å². The van der Waals surface area contributed by atoms with Crippen molar-refractivity contribution < 1.29 is 4.42 Å². The number of aromatic nitrogens is 1. The van der Waals surface area contributed by atoms with Crippen molar-refractivity contribution in [3.8, 4) is 0 Å². The second kappa shape index (κ2) is 5.39. The zero-order valence-corrected chi connectivity index (χ0v) is 10.2. The first kappa shape index (κ1) is 11.5. The molecule has 0 radical (unpaired) electrons. The first-order chi connectivity index (χ1) is 8.28. The van der Waals surface area contributed by atoms with E-state index in [4.69, 9.17) is 4.42 Å². The van der Waals surface area contributed by atoms with Crippen LogP contribution in [0.5, 0.6) is 0 Å². The summed E-state index contributed by atoms with van der Waals surface area (Å²) in [5.74, 6) is 2.75. The fourth-order valence-corrected chi connectivity index (χ4v) is 1.59. The van der Waals surface area contributed by atoms with Crippen LogP contribution in [0.1, 0.15) is 18.4 Å². The third kappa shape index (κ3) is 3.24. The van der Waals surface area contributed by atoms with Crippen LogP contribution in [0.4, 0.5) is 11.5 Å². The number of nitrogens with one attached hydrogen (secondary N) is 2. The second-order valence-electron chi connectivity index (χ2n) is 3.83. The third-order valence-corrected chi connectivity index (χ3v) is 2.38. The topological polar surface area (TPSA) is 50.1 Å². The Morgan fingerprint density at radius 3 is 2.82 bits per heavy atom. The van der Waals surface area contributed by atoms with Crippen molar-refractivity contribution in [2.45, 2.75) is 20.4 Å². The Balaban J connectivity index is 1.96. The summed E-state index contributed by atoms with van der Waals surface area (Å²) < 4.78 is 5.49. The van der Waals surface area contributed by atoms with E-state index in [9.17, 15) is 0 Å². The number of anilines is 2. The quantitative estimate of drug-likeness (QED) is 0.830. The van der Waals surface area contributed by atoms with Gasteiger partial charge in [0.25, 0.3) is 0 Å². The van der Waals surface area contributed by atoms with Crippen LogP contribution in [-0.4, -0.2) is 11.5 Å². The smallest absolute Gasteiger partial charge is 0.127 e. The van der Waals surface area contributed by atoms with Crippen molar-refractivity contribution in [2.24, 2.45) is 0 Å². The van der Waals surface area contributed by atoms with Crippen LogP contribution in [0.2, 0.25) is 0 Å². The monoisotopic (exact) mass is 231 g/mol. The molecule has 17 heavy (non-hydrogen) atoms. The van der Waals surface area contributed by atoms with E-state index < -0.39 is 0 Å². The lowest BCUT2D eigenvalue weighted by Gasteiger charge is -2.07. The van der Waals surface area contributed by atoms with Gasteiger partial charge in [0.05, 0.1) is 6.54 Å². The molecular formula is C13H17N3O. The van der Waals surface area contributed by atoms with Gasteiger partial charge < -0.3 is 15.1 Å². The number of aryl methyl sites for hydroxylation is 1. The molecule has 0 aromatic carbocycles. The Morgan fingerprint density at radius 2 is 2.12 bits per heavy atom. The van der Waals surface area contributed by atoms with E-state index in [0.717, 1.165) is 29.6 Å². The highest BCUT2D eigenvalue weighted by molar-refractivity contribution is 5.51. The molecule has 0 aliphatic rings. The number of hydrogen-bond donors (Lipinski definition) is 2. The van der Waals surface area contributed by atoms with Crippen molar-refractivity contribution in [1.29, 1.82) is 0 Å². The van der Waals surface area contributed by atoms with E-state index in [-0.39, 0.29) is 0 Å². The standard InChI is InChI=1S/C13H17N3O/c1-3-14-13-8-11(6-7-15-13)16-9-12-5-4-10(2)17-12/h4-8H,3,9H2,1-2H3,(H2,14,15,16). The number of furan rings is 1. The minimum Gasteiger partial charge on any atom is -0.465 e. The molecule has 0 unspecified atom stereocenters. The molecule has 4 heteroatoms. The molecule has 2 aromatic rings. The molecule has 90 valence electrons. The fourth-order valence-electron chi connectivity index (χ4n) is 1.59. The first-order valence-corrected chi connectivity index (χ1v) is 5.77. The molecule has 2 N–H and O–H groups in total. The van der Waals surface area contributed by atoms with E-state index in [1.165, 1.54) is 0 Å². The van der Waals surface area contributed by atoms with Crippen molar-refractivity contribution in [3.63, 3.8) is 0 Å². The van der Waals surface area contributed by atoms with Crippen LogP contribution in [0.3, 0.4) is 0 Å². The molecule has 0 fully saturated rings. The number of rotatable bonds is 5. The highest BCUT2D eigenvalue weighted by atomic mass is 16.3. The van der Waals surface area contributed by atoms with Crippen molar-refractivity contribution >= 4 is 11.5 Å². The largest absolute Gasteiger partial charge is 0.465 e. The summed E-state index contributed by atoms with van der Waals surface area (Å²) in [5.41, 5.74) is 1.03. The summed E-state index contributed by atoms with van der Waals surface area (Å²) in [4.78, 5) is 4.21. The SMILES string of the molecule is CCNc1cc(NCc2ccc(C)o2)ccn1. The van der Waals surface area contributed by atoms with Crippen molar-refractivity contribution in [1.82, 2.24) is 4.98 Å². The van der Waals surface area contributed by atoms with Crippen LogP contribution >= 0.6 is 0 Å². The summed E-state index contributed by atoms with van der Waals surface area (Å²) in [5, 5.41) is 6.47. The Morgan fingerprint density at radius 1 is 1.24 bits per heavy atom. The predicted octanol–water partition coefficient (Wildman–Crippen LogP) is 3.03. The van der Waals surface area contributed by atoms with Crippen LogP contribution < -0.4 is 10.6 Å². The first-order valence-electron chi connectivity index (χ1n) is 5.77. The fraction of sp³-hybridized carbons (Fsp3) is 0.308. The van der Waals surface area contributed by atoms with Gasteiger partial charge in [0.2, 0.25) is 0 Å². The molecule has 0 aliphatic heterocycles. The lowest BCUT2D eigenvalue weighted by Crippen LogP contribution is -2.02. The third-order valence-electron chi connectivity index (χ3n) is 2.38. The maximum Gasteiger partial charge on any atom is 0.127 e. The maximum atomic E-state index is 5.49. The normalized spacial score (nSPS) is 10.2. The van der Waals surface area contributed by atoms with Gasteiger partial charge in [0, 0.05) is 24.5 Å². The summed E-state index contributed by atoms with van der Waals surface area (Å²) in [6, 6.07) is 7.87. The number of pyridine rings is 1. The van der Waals surface area contributed by atoms with E-state index in [2.05, 4.69) is 15.6 Å². The summed E-state index contributed by atoms with van der Waals surface area (Å²) in [6.07, 6.45) is 1.79. The second-order valence-corrected chi connectivity index (χ2v) is 3.83. The highest BCUT2D eigenvalue weighted by Crippen LogP contribution is 2.14. The van der Waals surface area contributed by atoms with E-state index >= 15 is 0 Å². The number of hydrogen-bond acceptors (Lipinski definition) is 4. The van der Waals surface area contributed by atoms with Crippen LogP contribution in [0, 0.1) is 6.92 Å². The molecule has 0 spiro atoms. The Kier molecular flexibility index (Phi) is 3.65. The summed E-state index contributed by atoms with van der Waals surface area (Å²) in [6.45, 7) is 5.55. The molecule has 4 nitrogen and oxygen atoms in total. The van der Waals surface area contributed by atoms with E-state index in [0.29, 0.717) is 6.54 Å². The van der Waals surface area contributed by atoms with Crippen LogP contribution in [-0.2, 0) is 6.54 Å². The van der Waals surface area contributed by atoms with Gasteiger partial charge in [-0.15, -0.1) is 0 Å². The van der Waals surface area contributed by atoms with Gasteiger partial charge in [-0.25, -0.2) is 4.98 Å². The minimum absolute atomic E-state index is 0.684. The minimum atomic E-state index is 0.684. The zero-order chi connectivity index (χ0) is 12.1. The molecule has 2 heterocycles. The Bertz CT molecular complexity index is 479. The molecule has 0 aliphatic carbocycles. The van der Waals surface area contributed by atoms with Gasteiger partial charge >= 0.3 is 0 Å². The molecule has 0 atom stereocenters. The average molecular weight is 231 g/mol. The predicted molar refractivity (Wildman–Crippen MR) is 69.2 cm³/mol. The highest BCUT2D eigenvalue weighted by Gasteiger charge is 1.99. The summed E-state index contributed by atoms with van der Waals surface area (Å²) in [7, 11) is 0. The van der Waals surface area contributed by atoms with Gasteiger partial charge in [-0.3, -0.25) is 0 Å². The van der Waals surface area contributed by atoms with Crippen LogP contribution in [0.15, 0.2) is 34.9 Å². The molecule has 0 saturated heterocycles. The Hall–Kier alpha value is -1.97. The molecule has 0 bridgehead atoms. The van der Waals surface area contributed by atoms with Crippen LogP contribution in [0.25, 0.3) is 0 Å².